The van der Waals surface area contributed by atoms with Crippen molar-refractivity contribution >= 4 is 16.9 Å². The van der Waals surface area contributed by atoms with Gasteiger partial charge in [-0.25, -0.2) is 0 Å². The number of carboxylic acids is 1. The number of rotatable bonds is 3. The van der Waals surface area contributed by atoms with E-state index in [0.717, 1.165) is 24.3 Å². The second-order valence-electron chi connectivity index (χ2n) is 5.74. The lowest BCUT2D eigenvalue weighted by Crippen LogP contribution is -3.08. The summed E-state index contributed by atoms with van der Waals surface area (Å²) in [6.45, 7) is 4.79. The van der Waals surface area contributed by atoms with Crippen molar-refractivity contribution in [1.82, 2.24) is 4.98 Å². The Morgan fingerprint density at radius 3 is 2.71 bits per heavy atom. The summed E-state index contributed by atoms with van der Waals surface area (Å²) in [6.07, 6.45) is 2.41. The number of aromatic nitrogens is 1. The molecule has 0 aliphatic carbocycles. The molecule has 2 aromatic rings. The quantitative estimate of drug-likeness (QED) is 0.789. The van der Waals surface area contributed by atoms with Crippen LogP contribution in [0.5, 0.6) is 0 Å². The number of carbonyl (C=O) groups excluding carboxylic acids is 1. The molecular weight excluding hydrogens is 268 g/mol. The molecule has 0 bridgehead atoms. The first kappa shape index (κ1) is 13.8. The summed E-state index contributed by atoms with van der Waals surface area (Å²) in [5.41, 5.74) is 2.27. The summed E-state index contributed by atoms with van der Waals surface area (Å²) in [5, 5.41) is 11.4. The zero-order chi connectivity index (χ0) is 15.0. The highest BCUT2D eigenvalue weighted by Gasteiger charge is 2.19. The lowest BCUT2D eigenvalue weighted by molar-refractivity contribution is -0.901. The van der Waals surface area contributed by atoms with Crippen molar-refractivity contribution in [3.63, 3.8) is 0 Å². The van der Waals surface area contributed by atoms with Crippen molar-refractivity contribution in [1.29, 1.82) is 0 Å². The van der Waals surface area contributed by atoms with Crippen LogP contribution in [0.25, 0.3) is 10.9 Å². The Balaban J connectivity index is 2.11. The molecule has 5 nitrogen and oxygen atoms in total. The predicted molar refractivity (Wildman–Crippen MR) is 77.3 cm³/mol. The van der Waals surface area contributed by atoms with Gasteiger partial charge in [0.25, 0.3) is 0 Å². The number of hydrogen-bond acceptors (Lipinski definition) is 3. The minimum atomic E-state index is -1.26. The highest BCUT2D eigenvalue weighted by atomic mass is 16.4. The molecule has 0 amide bonds. The van der Waals surface area contributed by atoms with E-state index in [1.807, 2.05) is 6.92 Å². The van der Waals surface area contributed by atoms with Crippen LogP contribution in [0.4, 0.5) is 0 Å². The van der Waals surface area contributed by atoms with Crippen molar-refractivity contribution < 1.29 is 14.8 Å². The Bertz CT molecular complexity index is 758. The smallest absolute Gasteiger partial charge is 0.198 e. The molecule has 0 saturated carbocycles. The van der Waals surface area contributed by atoms with E-state index in [1.54, 1.807) is 6.07 Å². The van der Waals surface area contributed by atoms with E-state index in [0.29, 0.717) is 17.4 Å². The van der Waals surface area contributed by atoms with Gasteiger partial charge in [-0.3, -0.25) is 4.79 Å². The van der Waals surface area contributed by atoms with E-state index in [-0.39, 0.29) is 11.0 Å². The molecule has 3 rings (SSSR count). The SMILES string of the molecule is Cc1[nH]c2ccc(C(=O)[O-])cc2c(=O)c1C[NH+]1CCCC1. The second-order valence-corrected chi connectivity index (χ2v) is 5.74. The van der Waals surface area contributed by atoms with Gasteiger partial charge < -0.3 is 19.8 Å². The number of carbonyl (C=O) groups is 1. The first-order valence-corrected chi connectivity index (χ1v) is 7.26. The molecule has 110 valence electrons. The summed E-state index contributed by atoms with van der Waals surface area (Å²) in [5.74, 6) is -1.26. The molecule has 1 saturated heterocycles. The molecule has 1 aromatic heterocycles. The summed E-state index contributed by atoms with van der Waals surface area (Å²) >= 11 is 0. The Morgan fingerprint density at radius 2 is 2.05 bits per heavy atom. The molecule has 21 heavy (non-hydrogen) atoms. The van der Waals surface area contributed by atoms with Crippen LogP contribution in [0.1, 0.15) is 34.5 Å². The van der Waals surface area contributed by atoms with Gasteiger partial charge in [-0.15, -0.1) is 0 Å². The Hall–Kier alpha value is -2.14. The number of fused-ring (bicyclic) bond motifs is 1. The fourth-order valence-electron chi connectivity index (χ4n) is 3.09. The standard InChI is InChI=1S/C16H18N2O3/c1-10-13(9-18-6-2-3-7-18)15(19)12-8-11(16(20)21)4-5-14(12)17-10/h4-5,8H,2-3,6-7,9H2,1H3,(H,17,19)(H,20,21). The molecule has 1 fully saturated rings. The average Bonchev–Trinajstić information content (AvgIpc) is 2.96. The van der Waals surface area contributed by atoms with Gasteiger partial charge in [0, 0.05) is 29.4 Å². The third-order valence-electron chi connectivity index (χ3n) is 4.29. The number of carboxylic acid groups (broad SMARTS) is 1. The fourth-order valence-corrected chi connectivity index (χ4v) is 3.09. The lowest BCUT2D eigenvalue weighted by Gasteiger charge is -2.14. The summed E-state index contributed by atoms with van der Waals surface area (Å²) in [4.78, 5) is 28.3. The van der Waals surface area contributed by atoms with Crippen LogP contribution in [-0.4, -0.2) is 24.0 Å². The summed E-state index contributed by atoms with van der Waals surface area (Å²) in [7, 11) is 0. The van der Waals surface area contributed by atoms with E-state index in [1.165, 1.54) is 29.9 Å². The van der Waals surface area contributed by atoms with Gasteiger partial charge in [0.15, 0.2) is 5.43 Å². The molecule has 0 spiro atoms. The minimum absolute atomic E-state index is 0.0383. The molecular formula is C16H18N2O3. The topological polar surface area (TPSA) is 77.4 Å². The number of H-pyrrole nitrogens is 1. The molecule has 1 aliphatic rings. The number of hydrogen-bond donors (Lipinski definition) is 2. The van der Waals surface area contributed by atoms with Gasteiger partial charge in [0.2, 0.25) is 0 Å². The van der Waals surface area contributed by atoms with Crippen LogP contribution < -0.4 is 15.4 Å². The molecule has 0 unspecified atom stereocenters. The first-order chi connectivity index (χ1) is 10.1. The van der Waals surface area contributed by atoms with E-state index in [4.69, 9.17) is 0 Å². The van der Waals surface area contributed by atoms with Crippen molar-refractivity contribution in [2.45, 2.75) is 26.3 Å². The lowest BCUT2D eigenvalue weighted by atomic mass is 10.1. The van der Waals surface area contributed by atoms with Gasteiger partial charge in [0.1, 0.15) is 6.54 Å². The van der Waals surface area contributed by atoms with Crippen LogP contribution in [0, 0.1) is 6.92 Å². The third-order valence-corrected chi connectivity index (χ3v) is 4.29. The van der Waals surface area contributed by atoms with E-state index >= 15 is 0 Å². The number of benzene rings is 1. The van der Waals surface area contributed by atoms with Crippen LogP contribution >= 0.6 is 0 Å². The molecule has 5 heteroatoms. The molecule has 2 heterocycles. The van der Waals surface area contributed by atoms with E-state index in [2.05, 4.69) is 4.98 Å². The zero-order valence-corrected chi connectivity index (χ0v) is 12.0. The average molecular weight is 286 g/mol. The Morgan fingerprint density at radius 1 is 1.33 bits per heavy atom. The largest absolute Gasteiger partial charge is 0.545 e. The molecule has 2 N–H and O–H groups in total. The number of aryl methyl sites for hydroxylation is 1. The van der Waals surface area contributed by atoms with Crippen molar-refractivity contribution in [3.05, 3.63) is 45.2 Å². The second kappa shape index (κ2) is 5.33. The fraction of sp³-hybridized carbons (Fsp3) is 0.375. The van der Waals surface area contributed by atoms with Gasteiger partial charge >= 0.3 is 0 Å². The molecule has 1 aliphatic heterocycles. The number of likely N-dealkylation sites (tertiary alicyclic amines) is 1. The zero-order valence-electron chi connectivity index (χ0n) is 12.0. The number of quaternary nitrogens is 1. The van der Waals surface area contributed by atoms with Gasteiger partial charge in [0.05, 0.1) is 24.6 Å². The maximum atomic E-state index is 12.7. The van der Waals surface area contributed by atoms with Crippen molar-refractivity contribution in [3.8, 4) is 0 Å². The van der Waals surface area contributed by atoms with Crippen molar-refractivity contribution in [2.24, 2.45) is 0 Å². The van der Waals surface area contributed by atoms with Crippen LogP contribution in [0.2, 0.25) is 0 Å². The Labute approximate surface area is 122 Å². The highest BCUT2D eigenvalue weighted by molar-refractivity contribution is 5.92. The number of aromatic carboxylic acids is 1. The predicted octanol–water partition coefficient (Wildman–Crippen LogP) is -0.621. The number of pyridine rings is 1. The van der Waals surface area contributed by atoms with Crippen LogP contribution in [0.3, 0.4) is 0 Å². The van der Waals surface area contributed by atoms with Gasteiger partial charge in [-0.2, -0.15) is 0 Å². The van der Waals surface area contributed by atoms with Gasteiger partial charge in [-0.05, 0) is 24.6 Å². The molecule has 1 aromatic carbocycles. The van der Waals surface area contributed by atoms with Gasteiger partial charge in [-0.1, -0.05) is 6.07 Å². The maximum Gasteiger partial charge on any atom is 0.198 e. The van der Waals surface area contributed by atoms with Crippen molar-refractivity contribution in [2.75, 3.05) is 13.1 Å². The monoisotopic (exact) mass is 286 g/mol. The molecule has 0 radical (unpaired) electrons. The normalized spacial score (nSPS) is 15.7. The third kappa shape index (κ3) is 2.56. The molecule has 0 atom stereocenters. The highest BCUT2D eigenvalue weighted by Crippen LogP contribution is 2.13. The first-order valence-electron chi connectivity index (χ1n) is 7.26. The summed E-state index contributed by atoms with van der Waals surface area (Å²) < 4.78 is 0. The van der Waals surface area contributed by atoms with E-state index in [9.17, 15) is 14.7 Å². The number of nitrogens with one attached hydrogen (secondary N) is 2. The summed E-state index contributed by atoms with van der Waals surface area (Å²) in [6, 6.07) is 4.49. The van der Waals surface area contributed by atoms with E-state index < -0.39 is 5.97 Å². The van der Waals surface area contributed by atoms with Crippen LogP contribution in [-0.2, 0) is 6.54 Å². The minimum Gasteiger partial charge on any atom is -0.545 e. The Kier molecular flexibility index (Phi) is 3.51. The number of aromatic amines is 1. The maximum absolute atomic E-state index is 12.7. The van der Waals surface area contributed by atoms with Crippen LogP contribution in [0.15, 0.2) is 23.0 Å².